The molecule has 5 heteroatoms. The summed E-state index contributed by atoms with van der Waals surface area (Å²) < 4.78 is 10.5. The molecular weight excluding hydrogens is 290 g/mol. The fourth-order valence-corrected chi connectivity index (χ4v) is 2.72. The van der Waals surface area contributed by atoms with E-state index in [0.29, 0.717) is 17.3 Å². The van der Waals surface area contributed by atoms with Crippen LogP contribution in [0.1, 0.15) is 23.7 Å². The third-order valence-electron chi connectivity index (χ3n) is 3.70. The largest absolute Gasteiger partial charge is 0.469 e. The van der Waals surface area contributed by atoms with Gasteiger partial charge in [0.05, 0.1) is 12.9 Å². The molecule has 1 aromatic carbocycles. The highest BCUT2D eigenvalue weighted by atomic mass is 35.5. The molecule has 1 aliphatic carbocycles. The van der Waals surface area contributed by atoms with Gasteiger partial charge in [0.1, 0.15) is 5.76 Å². The number of furan rings is 1. The first-order valence-corrected chi connectivity index (χ1v) is 7.19. The molecule has 1 aliphatic rings. The number of benzene rings is 1. The molecule has 1 N–H and O–H groups in total. The maximum Gasteiger partial charge on any atom is 0.228 e. The second-order valence-corrected chi connectivity index (χ2v) is 5.56. The van der Waals surface area contributed by atoms with Crippen LogP contribution < -0.4 is 5.32 Å². The average Bonchev–Trinajstić information content (AvgIpc) is 3.09. The zero-order valence-electron chi connectivity index (χ0n) is 11.6. The Hall–Kier alpha value is -1.78. The molecule has 1 aromatic heterocycles. The van der Waals surface area contributed by atoms with Gasteiger partial charge >= 0.3 is 0 Å². The number of anilines is 1. The molecule has 3 rings (SSSR count). The van der Waals surface area contributed by atoms with Crippen molar-refractivity contribution in [2.45, 2.75) is 18.9 Å². The summed E-state index contributed by atoms with van der Waals surface area (Å²) in [5, 5.41) is 3.54. The Morgan fingerprint density at radius 1 is 1.43 bits per heavy atom. The maximum absolute atomic E-state index is 12.3. The summed E-state index contributed by atoms with van der Waals surface area (Å²) in [5.41, 5.74) is 1.50. The molecule has 4 nitrogen and oxygen atoms in total. The van der Waals surface area contributed by atoms with Crippen LogP contribution in [0.4, 0.5) is 5.69 Å². The van der Waals surface area contributed by atoms with Gasteiger partial charge in [0.15, 0.2) is 0 Å². The quantitative estimate of drug-likeness (QED) is 0.913. The standard InChI is InChI=1S/C16H16ClNO3/c1-20-9-12-13(17)4-2-5-14(12)18-16(19)11-8-10(11)15-6-3-7-21-15/h2-7,10-11H,8-9H2,1H3,(H,18,19)/t10-,11+/m0/s1. The Bertz CT molecular complexity index is 639. The Labute approximate surface area is 128 Å². The minimum absolute atomic E-state index is 0.00369. The minimum Gasteiger partial charge on any atom is -0.469 e. The van der Waals surface area contributed by atoms with Crippen molar-refractivity contribution >= 4 is 23.2 Å². The molecule has 0 saturated heterocycles. The second-order valence-electron chi connectivity index (χ2n) is 5.15. The van der Waals surface area contributed by atoms with E-state index < -0.39 is 0 Å². The molecule has 1 heterocycles. The van der Waals surface area contributed by atoms with E-state index in [1.54, 1.807) is 19.4 Å². The van der Waals surface area contributed by atoms with E-state index in [9.17, 15) is 4.79 Å². The molecule has 0 bridgehead atoms. The van der Waals surface area contributed by atoms with Crippen LogP contribution in [0.2, 0.25) is 5.02 Å². The van der Waals surface area contributed by atoms with Gasteiger partial charge in [0.25, 0.3) is 0 Å². The van der Waals surface area contributed by atoms with Gasteiger partial charge in [0.2, 0.25) is 5.91 Å². The van der Waals surface area contributed by atoms with Gasteiger partial charge in [-0.3, -0.25) is 4.79 Å². The van der Waals surface area contributed by atoms with E-state index in [1.165, 1.54) is 0 Å². The van der Waals surface area contributed by atoms with Crippen LogP contribution in [0, 0.1) is 5.92 Å². The lowest BCUT2D eigenvalue weighted by molar-refractivity contribution is -0.117. The van der Waals surface area contributed by atoms with E-state index in [2.05, 4.69) is 5.32 Å². The number of rotatable bonds is 5. The van der Waals surface area contributed by atoms with Gasteiger partial charge in [-0.25, -0.2) is 0 Å². The van der Waals surface area contributed by atoms with E-state index in [4.69, 9.17) is 20.8 Å². The molecule has 110 valence electrons. The number of methoxy groups -OCH3 is 1. The van der Waals surface area contributed by atoms with Gasteiger partial charge in [-0.05, 0) is 30.7 Å². The number of carbonyl (C=O) groups is 1. The number of hydrogen-bond donors (Lipinski definition) is 1. The van der Waals surface area contributed by atoms with Gasteiger partial charge < -0.3 is 14.5 Å². The second kappa shape index (κ2) is 5.92. The Balaban J connectivity index is 1.70. The minimum atomic E-state index is -0.0365. The summed E-state index contributed by atoms with van der Waals surface area (Å²) in [5.74, 6) is 1.02. The van der Waals surface area contributed by atoms with Crippen LogP contribution >= 0.6 is 11.6 Å². The van der Waals surface area contributed by atoms with Crippen molar-refractivity contribution < 1.29 is 13.9 Å². The van der Waals surface area contributed by atoms with Crippen LogP contribution in [-0.4, -0.2) is 13.0 Å². The summed E-state index contributed by atoms with van der Waals surface area (Å²) in [6, 6.07) is 9.19. The molecule has 2 aromatic rings. The predicted octanol–water partition coefficient (Wildman–Crippen LogP) is 3.82. The lowest BCUT2D eigenvalue weighted by Gasteiger charge is -2.12. The third kappa shape index (κ3) is 2.96. The zero-order chi connectivity index (χ0) is 14.8. The van der Waals surface area contributed by atoms with Crippen LogP contribution in [0.5, 0.6) is 0 Å². The smallest absolute Gasteiger partial charge is 0.228 e. The summed E-state index contributed by atoms with van der Waals surface area (Å²) in [7, 11) is 1.60. The number of ether oxygens (including phenoxy) is 1. The third-order valence-corrected chi connectivity index (χ3v) is 4.06. The van der Waals surface area contributed by atoms with Crippen molar-refractivity contribution in [1.82, 2.24) is 0 Å². The lowest BCUT2D eigenvalue weighted by atomic mass is 10.1. The van der Waals surface area contributed by atoms with Crippen molar-refractivity contribution in [3.05, 3.63) is 52.9 Å². The molecule has 0 radical (unpaired) electrons. The highest BCUT2D eigenvalue weighted by Gasteiger charge is 2.45. The number of carbonyl (C=O) groups excluding carboxylic acids is 1. The number of nitrogens with one attached hydrogen (secondary N) is 1. The maximum atomic E-state index is 12.3. The first-order valence-electron chi connectivity index (χ1n) is 6.81. The van der Waals surface area contributed by atoms with E-state index in [1.807, 2.05) is 24.3 Å². The van der Waals surface area contributed by atoms with Crippen LogP contribution in [0.25, 0.3) is 0 Å². The van der Waals surface area contributed by atoms with Gasteiger partial charge in [0, 0.05) is 35.2 Å². The topological polar surface area (TPSA) is 51.5 Å². The Morgan fingerprint density at radius 2 is 2.29 bits per heavy atom. The molecule has 2 atom stereocenters. The SMILES string of the molecule is COCc1c(Cl)cccc1NC(=O)[C@@H]1C[C@@H]1c1ccco1. The number of amides is 1. The lowest BCUT2D eigenvalue weighted by Crippen LogP contribution is -2.16. The van der Waals surface area contributed by atoms with Crippen LogP contribution in [0.15, 0.2) is 41.0 Å². The number of halogens is 1. The van der Waals surface area contributed by atoms with E-state index in [-0.39, 0.29) is 17.7 Å². The molecule has 21 heavy (non-hydrogen) atoms. The van der Waals surface area contributed by atoms with E-state index >= 15 is 0 Å². The molecule has 0 unspecified atom stereocenters. The van der Waals surface area contributed by atoms with Crippen molar-refractivity contribution in [2.24, 2.45) is 5.92 Å². The van der Waals surface area contributed by atoms with Crippen molar-refractivity contribution in [1.29, 1.82) is 0 Å². The van der Waals surface area contributed by atoms with Gasteiger partial charge in [-0.1, -0.05) is 17.7 Å². The Kier molecular flexibility index (Phi) is 3.99. The molecule has 0 spiro atoms. The summed E-state index contributed by atoms with van der Waals surface area (Å²) in [6.45, 7) is 0.363. The summed E-state index contributed by atoms with van der Waals surface area (Å²) in [6.07, 6.45) is 2.45. The fourth-order valence-electron chi connectivity index (χ4n) is 2.49. The molecule has 1 fully saturated rings. The van der Waals surface area contributed by atoms with Crippen molar-refractivity contribution in [3.63, 3.8) is 0 Å². The molecule has 0 aliphatic heterocycles. The van der Waals surface area contributed by atoms with Crippen molar-refractivity contribution in [3.8, 4) is 0 Å². The van der Waals surface area contributed by atoms with Gasteiger partial charge in [-0.2, -0.15) is 0 Å². The van der Waals surface area contributed by atoms with E-state index in [0.717, 1.165) is 17.7 Å². The first kappa shape index (κ1) is 14.2. The van der Waals surface area contributed by atoms with Gasteiger partial charge in [-0.15, -0.1) is 0 Å². The number of hydrogen-bond acceptors (Lipinski definition) is 3. The highest BCUT2D eigenvalue weighted by molar-refractivity contribution is 6.31. The van der Waals surface area contributed by atoms with Crippen LogP contribution in [-0.2, 0) is 16.1 Å². The van der Waals surface area contributed by atoms with Crippen LogP contribution in [0.3, 0.4) is 0 Å². The fraction of sp³-hybridized carbons (Fsp3) is 0.312. The normalized spacial score (nSPS) is 20.3. The first-order chi connectivity index (χ1) is 10.2. The Morgan fingerprint density at radius 3 is 3.00 bits per heavy atom. The predicted molar refractivity (Wildman–Crippen MR) is 80.4 cm³/mol. The average molecular weight is 306 g/mol. The zero-order valence-corrected chi connectivity index (χ0v) is 12.4. The molecule has 1 amide bonds. The molecule has 1 saturated carbocycles. The summed E-state index contributed by atoms with van der Waals surface area (Å²) in [4.78, 5) is 12.3. The van der Waals surface area contributed by atoms with Crippen molar-refractivity contribution in [2.75, 3.05) is 12.4 Å². The molecular formula is C16H16ClNO3. The summed E-state index contributed by atoms with van der Waals surface area (Å²) >= 11 is 6.15. The monoisotopic (exact) mass is 305 g/mol. The highest BCUT2D eigenvalue weighted by Crippen LogP contribution is 2.48.